The van der Waals surface area contributed by atoms with Crippen LogP contribution in [0.15, 0.2) is 29.3 Å². The molecule has 2 rings (SSSR count). The van der Waals surface area contributed by atoms with Crippen molar-refractivity contribution in [1.29, 1.82) is 0 Å². The van der Waals surface area contributed by atoms with Crippen molar-refractivity contribution in [2.24, 2.45) is 4.99 Å². The van der Waals surface area contributed by atoms with Crippen LogP contribution in [-0.2, 0) is 14.8 Å². The lowest BCUT2D eigenvalue weighted by Crippen LogP contribution is -2.44. The van der Waals surface area contributed by atoms with E-state index in [1.165, 1.54) is 6.07 Å². The first kappa shape index (κ1) is 26.9. The number of halogens is 2. The number of sulfonamides is 1. The summed E-state index contributed by atoms with van der Waals surface area (Å²) in [5.41, 5.74) is 0. The maximum absolute atomic E-state index is 13.6. The molecule has 2 N–H and O–H groups in total. The number of likely N-dealkylation sites (N-methyl/N-ethyl adjacent to an activating group) is 1. The molecule has 0 spiro atoms. The maximum Gasteiger partial charge on any atom is 0.213 e. The number of guanidine groups is 1. The normalized spacial score (nSPS) is 17.2. The minimum Gasteiger partial charge on any atom is -0.489 e. The predicted octanol–water partition coefficient (Wildman–Crippen LogP) is 1.82. The third-order valence-electron chi connectivity index (χ3n) is 4.55. The Morgan fingerprint density at radius 1 is 1.37 bits per heavy atom. The number of ether oxygens (including phenoxy) is 2. The molecule has 1 aromatic rings. The van der Waals surface area contributed by atoms with Gasteiger partial charge in [0, 0.05) is 33.8 Å². The molecule has 0 bridgehead atoms. The first-order valence-corrected chi connectivity index (χ1v) is 11.4. The van der Waals surface area contributed by atoms with Gasteiger partial charge in [0.2, 0.25) is 10.0 Å². The summed E-state index contributed by atoms with van der Waals surface area (Å²) in [5.74, 6) is 0.253. The van der Waals surface area contributed by atoms with E-state index >= 15 is 0 Å². The Balaban J connectivity index is 0.00000450. The fourth-order valence-electron chi connectivity index (χ4n) is 2.90. The highest BCUT2D eigenvalue weighted by Gasteiger charge is 2.18. The number of nitrogens with zero attached hydrogens (tertiary/aromatic N) is 2. The number of benzene rings is 1. The summed E-state index contributed by atoms with van der Waals surface area (Å²) in [5, 5.41) is 3.02. The SMILES string of the molecule is CN=C(NCCS(=O)(=O)NCC1CCCCO1)N(C)CCOc1ccccc1F.I. The molecule has 11 heteroatoms. The van der Waals surface area contributed by atoms with Crippen LogP contribution >= 0.6 is 24.0 Å². The molecule has 0 aliphatic carbocycles. The Hall–Kier alpha value is -1.18. The zero-order valence-corrected chi connectivity index (χ0v) is 20.6. The van der Waals surface area contributed by atoms with E-state index in [0.29, 0.717) is 25.7 Å². The lowest BCUT2D eigenvalue weighted by molar-refractivity contribution is 0.0200. The van der Waals surface area contributed by atoms with Gasteiger partial charge in [-0.15, -0.1) is 24.0 Å². The molecular formula is C19H32FIN4O4S. The van der Waals surface area contributed by atoms with Crippen molar-refractivity contribution in [2.45, 2.75) is 25.4 Å². The Bertz CT molecular complexity index is 761. The van der Waals surface area contributed by atoms with Gasteiger partial charge < -0.3 is 19.7 Å². The molecule has 0 amide bonds. The van der Waals surface area contributed by atoms with Crippen LogP contribution < -0.4 is 14.8 Å². The van der Waals surface area contributed by atoms with Crippen molar-refractivity contribution >= 4 is 40.0 Å². The van der Waals surface area contributed by atoms with Gasteiger partial charge in [-0.3, -0.25) is 4.99 Å². The van der Waals surface area contributed by atoms with Crippen LogP contribution in [0, 0.1) is 5.82 Å². The standard InChI is InChI=1S/C19H31FN4O4S.HI/c1-21-19(24(2)11-13-28-18-9-4-3-8-17(18)20)22-10-14-29(25,26)23-15-16-7-5-6-12-27-16;/h3-4,8-9,16,23H,5-7,10-15H2,1-2H3,(H,21,22);1H. The van der Waals surface area contributed by atoms with Crippen LogP contribution in [0.5, 0.6) is 5.75 Å². The van der Waals surface area contributed by atoms with Crippen molar-refractivity contribution < 1.29 is 22.3 Å². The average Bonchev–Trinajstić information content (AvgIpc) is 2.72. The Kier molecular flexibility index (Phi) is 12.5. The van der Waals surface area contributed by atoms with Gasteiger partial charge in [0.15, 0.2) is 17.5 Å². The minimum atomic E-state index is -3.40. The molecule has 30 heavy (non-hydrogen) atoms. The van der Waals surface area contributed by atoms with E-state index in [0.717, 1.165) is 19.3 Å². The van der Waals surface area contributed by atoms with E-state index in [1.54, 1.807) is 37.2 Å². The second-order valence-corrected chi connectivity index (χ2v) is 8.76. The molecule has 1 aliphatic rings. The van der Waals surface area contributed by atoms with E-state index in [-0.39, 0.29) is 54.7 Å². The maximum atomic E-state index is 13.6. The van der Waals surface area contributed by atoms with E-state index in [2.05, 4.69) is 15.0 Å². The predicted molar refractivity (Wildman–Crippen MR) is 127 cm³/mol. The van der Waals surface area contributed by atoms with Gasteiger partial charge in [-0.1, -0.05) is 12.1 Å². The van der Waals surface area contributed by atoms with Gasteiger partial charge in [-0.25, -0.2) is 17.5 Å². The average molecular weight is 558 g/mol. The highest BCUT2D eigenvalue weighted by molar-refractivity contribution is 14.0. The van der Waals surface area contributed by atoms with Gasteiger partial charge >= 0.3 is 0 Å². The molecule has 1 atom stereocenters. The molecule has 0 saturated carbocycles. The molecule has 1 unspecified atom stereocenters. The quantitative estimate of drug-likeness (QED) is 0.259. The molecule has 0 aromatic heterocycles. The number of hydrogen-bond donors (Lipinski definition) is 2. The second-order valence-electron chi connectivity index (χ2n) is 6.83. The minimum absolute atomic E-state index is 0. The van der Waals surface area contributed by atoms with Crippen molar-refractivity contribution in [1.82, 2.24) is 14.9 Å². The Labute approximate surface area is 195 Å². The van der Waals surface area contributed by atoms with Crippen molar-refractivity contribution in [2.75, 3.05) is 52.7 Å². The molecule has 1 fully saturated rings. The van der Waals surface area contributed by atoms with Crippen molar-refractivity contribution in [3.05, 3.63) is 30.1 Å². The van der Waals surface area contributed by atoms with E-state index in [1.807, 2.05) is 0 Å². The molecular weight excluding hydrogens is 526 g/mol. The summed E-state index contributed by atoms with van der Waals surface area (Å²) < 4.78 is 51.4. The smallest absolute Gasteiger partial charge is 0.213 e. The van der Waals surface area contributed by atoms with Crippen LogP contribution in [0.25, 0.3) is 0 Å². The molecule has 1 aliphatic heterocycles. The van der Waals surface area contributed by atoms with Gasteiger partial charge in [-0.2, -0.15) is 0 Å². The van der Waals surface area contributed by atoms with Gasteiger partial charge in [0.1, 0.15) is 6.61 Å². The zero-order valence-electron chi connectivity index (χ0n) is 17.5. The van der Waals surface area contributed by atoms with Crippen LogP contribution in [0.1, 0.15) is 19.3 Å². The summed E-state index contributed by atoms with van der Waals surface area (Å²) in [6, 6.07) is 6.22. The van der Waals surface area contributed by atoms with E-state index < -0.39 is 15.8 Å². The summed E-state index contributed by atoms with van der Waals surface area (Å²) in [7, 11) is 0.0130. The number of rotatable bonds is 10. The molecule has 1 aromatic carbocycles. The summed E-state index contributed by atoms with van der Waals surface area (Å²) in [4.78, 5) is 5.93. The number of para-hydroxylation sites is 1. The van der Waals surface area contributed by atoms with E-state index in [4.69, 9.17) is 9.47 Å². The topological polar surface area (TPSA) is 92.3 Å². The molecule has 0 radical (unpaired) electrons. The second kappa shape index (κ2) is 14.0. The molecule has 1 saturated heterocycles. The van der Waals surface area contributed by atoms with Gasteiger partial charge in [-0.05, 0) is 31.4 Å². The highest BCUT2D eigenvalue weighted by Crippen LogP contribution is 2.15. The summed E-state index contributed by atoms with van der Waals surface area (Å²) >= 11 is 0. The van der Waals surface area contributed by atoms with Crippen LogP contribution in [0.4, 0.5) is 4.39 Å². The lowest BCUT2D eigenvalue weighted by atomic mass is 10.1. The molecule has 172 valence electrons. The third-order valence-corrected chi connectivity index (χ3v) is 5.90. The number of hydrogen-bond acceptors (Lipinski definition) is 5. The Morgan fingerprint density at radius 3 is 2.80 bits per heavy atom. The third kappa shape index (κ3) is 9.75. The largest absolute Gasteiger partial charge is 0.489 e. The fraction of sp³-hybridized carbons (Fsp3) is 0.632. The molecule has 8 nitrogen and oxygen atoms in total. The first-order valence-electron chi connectivity index (χ1n) is 9.79. The Morgan fingerprint density at radius 2 is 2.13 bits per heavy atom. The van der Waals surface area contributed by atoms with E-state index in [9.17, 15) is 12.8 Å². The van der Waals surface area contributed by atoms with Crippen molar-refractivity contribution in [3.63, 3.8) is 0 Å². The summed E-state index contributed by atoms with van der Waals surface area (Å²) in [6.07, 6.45) is 2.94. The van der Waals surface area contributed by atoms with Crippen LogP contribution in [0.2, 0.25) is 0 Å². The first-order chi connectivity index (χ1) is 13.9. The van der Waals surface area contributed by atoms with Crippen LogP contribution in [-0.4, -0.2) is 78.1 Å². The monoisotopic (exact) mass is 558 g/mol. The lowest BCUT2D eigenvalue weighted by Gasteiger charge is -2.23. The van der Waals surface area contributed by atoms with Gasteiger partial charge in [0.25, 0.3) is 0 Å². The number of aliphatic imine (C=N–C) groups is 1. The van der Waals surface area contributed by atoms with Gasteiger partial charge in [0.05, 0.1) is 18.4 Å². The molecule has 1 heterocycles. The fourth-order valence-corrected chi connectivity index (χ4v) is 3.86. The van der Waals surface area contributed by atoms with Crippen LogP contribution in [0.3, 0.4) is 0 Å². The zero-order chi connectivity index (χ0) is 21.1. The highest BCUT2D eigenvalue weighted by atomic mass is 127. The van der Waals surface area contributed by atoms with Crippen molar-refractivity contribution in [3.8, 4) is 5.75 Å². The summed E-state index contributed by atoms with van der Waals surface area (Å²) in [6.45, 7) is 1.94. The number of nitrogens with one attached hydrogen (secondary N) is 2.